The van der Waals surface area contributed by atoms with E-state index in [0.717, 1.165) is 32.1 Å². The Hall–Kier alpha value is -1.93. The van der Waals surface area contributed by atoms with Crippen LogP contribution >= 0.6 is 0 Å². The van der Waals surface area contributed by atoms with Gasteiger partial charge in [0.05, 0.1) is 11.3 Å². The van der Waals surface area contributed by atoms with Crippen molar-refractivity contribution in [2.45, 2.75) is 62.5 Å². The van der Waals surface area contributed by atoms with Crippen molar-refractivity contribution >= 4 is 21.9 Å². The molecule has 1 aromatic rings. The first-order chi connectivity index (χ1) is 12.9. The van der Waals surface area contributed by atoms with Crippen LogP contribution in [0.5, 0.6) is 0 Å². The van der Waals surface area contributed by atoms with Crippen LogP contribution in [0.25, 0.3) is 0 Å². The molecule has 1 saturated heterocycles. The van der Waals surface area contributed by atoms with Gasteiger partial charge in [-0.2, -0.15) is 4.31 Å². The fourth-order valence-corrected chi connectivity index (χ4v) is 4.56. The highest BCUT2D eigenvalue weighted by Crippen LogP contribution is 2.21. The second-order valence-electron chi connectivity index (χ2n) is 7.20. The molecule has 27 heavy (non-hydrogen) atoms. The standard InChI is InChI=1S/C19H26N2O5S/c1-14(19(23)20-16-7-8-16)26-18(22)13-15-5-9-17(10-6-15)27(24,25)21-11-3-2-4-12-21/h5-6,9-10,14,16H,2-4,7-8,11-13H2,1H3,(H,20,23)/t14-/m0/s1. The average Bonchev–Trinajstić information content (AvgIpc) is 3.46. The van der Waals surface area contributed by atoms with Gasteiger partial charge in [-0.3, -0.25) is 9.59 Å². The molecule has 0 bridgehead atoms. The van der Waals surface area contributed by atoms with Crippen LogP contribution in [0.1, 0.15) is 44.6 Å². The number of amides is 1. The monoisotopic (exact) mass is 394 g/mol. The molecule has 1 aliphatic heterocycles. The van der Waals surface area contributed by atoms with Crippen molar-refractivity contribution in [2.75, 3.05) is 13.1 Å². The van der Waals surface area contributed by atoms with E-state index < -0.39 is 22.1 Å². The van der Waals surface area contributed by atoms with E-state index in [0.29, 0.717) is 18.7 Å². The Balaban J connectivity index is 1.55. The molecule has 0 radical (unpaired) electrons. The lowest BCUT2D eigenvalue weighted by atomic mass is 10.1. The van der Waals surface area contributed by atoms with Gasteiger partial charge in [0.1, 0.15) is 0 Å². The van der Waals surface area contributed by atoms with E-state index in [9.17, 15) is 18.0 Å². The normalized spacial score (nSPS) is 19.3. The molecule has 0 unspecified atom stereocenters. The van der Waals surface area contributed by atoms with E-state index in [-0.39, 0.29) is 23.3 Å². The Morgan fingerprint density at radius 3 is 2.37 bits per heavy atom. The molecule has 2 aliphatic rings. The first-order valence-corrected chi connectivity index (χ1v) is 10.9. The minimum Gasteiger partial charge on any atom is -0.452 e. The Bertz CT molecular complexity index is 781. The van der Waals surface area contributed by atoms with Gasteiger partial charge < -0.3 is 10.1 Å². The molecule has 1 aromatic carbocycles. The van der Waals surface area contributed by atoms with Crippen molar-refractivity contribution in [3.63, 3.8) is 0 Å². The maximum atomic E-state index is 12.6. The zero-order chi connectivity index (χ0) is 19.4. The summed E-state index contributed by atoms with van der Waals surface area (Å²) in [7, 11) is -3.48. The molecule has 8 heteroatoms. The molecule has 1 saturated carbocycles. The van der Waals surface area contributed by atoms with E-state index in [4.69, 9.17) is 4.74 Å². The molecule has 1 N–H and O–H groups in total. The largest absolute Gasteiger partial charge is 0.452 e. The van der Waals surface area contributed by atoms with Crippen molar-refractivity contribution in [1.82, 2.24) is 9.62 Å². The lowest BCUT2D eigenvalue weighted by Crippen LogP contribution is -2.37. The minimum absolute atomic E-state index is 0.00884. The van der Waals surface area contributed by atoms with Gasteiger partial charge >= 0.3 is 5.97 Å². The summed E-state index contributed by atoms with van der Waals surface area (Å²) in [6.45, 7) is 2.65. The Kier molecular flexibility index (Phi) is 6.16. The van der Waals surface area contributed by atoms with E-state index in [1.54, 1.807) is 19.1 Å². The zero-order valence-electron chi connectivity index (χ0n) is 15.5. The third kappa shape index (κ3) is 5.29. The second-order valence-corrected chi connectivity index (χ2v) is 9.14. The van der Waals surface area contributed by atoms with Gasteiger partial charge in [0.15, 0.2) is 6.10 Å². The lowest BCUT2D eigenvalue weighted by molar-refractivity contribution is -0.154. The number of hydrogen-bond acceptors (Lipinski definition) is 5. The van der Waals surface area contributed by atoms with Crippen molar-refractivity contribution in [3.8, 4) is 0 Å². The number of nitrogens with zero attached hydrogens (tertiary/aromatic N) is 1. The van der Waals surface area contributed by atoms with Crippen molar-refractivity contribution in [3.05, 3.63) is 29.8 Å². The topological polar surface area (TPSA) is 92.8 Å². The lowest BCUT2D eigenvalue weighted by Gasteiger charge is -2.25. The van der Waals surface area contributed by atoms with Crippen LogP contribution in [0.15, 0.2) is 29.2 Å². The van der Waals surface area contributed by atoms with Gasteiger partial charge in [-0.25, -0.2) is 8.42 Å². The number of hydrogen-bond donors (Lipinski definition) is 1. The van der Waals surface area contributed by atoms with Gasteiger partial charge in [0.2, 0.25) is 10.0 Å². The van der Waals surface area contributed by atoms with Crippen LogP contribution in [0, 0.1) is 0 Å². The van der Waals surface area contributed by atoms with Gasteiger partial charge in [-0.1, -0.05) is 18.6 Å². The number of ether oxygens (including phenoxy) is 1. The molecular weight excluding hydrogens is 368 g/mol. The maximum Gasteiger partial charge on any atom is 0.311 e. The molecule has 1 atom stereocenters. The third-order valence-electron chi connectivity index (χ3n) is 4.83. The molecule has 148 valence electrons. The second kappa shape index (κ2) is 8.39. The highest BCUT2D eigenvalue weighted by atomic mass is 32.2. The fourth-order valence-electron chi connectivity index (χ4n) is 3.04. The van der Waals surface area contributed by atoms with Crippen LogP contribution in [-0.4, -0.2) is 49.8 Å². The molecule has 1 heterocycles. The first-order valence-electron chi connectivity index (χ1n) is 9.45. The third-order valence-corrected chi connectivity index (χ3v) is 6.74. The van der Waals surface area contributed by atoms with Gasteiger partial charge in [0, 0.05) is 19.1 Å². The van der Waals surface area contributed by atoms with Crippen LogP contribution in [0.4, 0.5) is 0 Å². The molecule has 7 nitrogen and oxygen atoms in total. The SMILES string of the molecule is C[C@H](OC(=O)Cc1ccc(S(=O)(=O)N2CCCCC2)cc1)C(=O)NC1CC1. The zero-order valence-corrected chi connectivity index (χ0v) is 16.3. The summed E-state index contributed by atoms with van der Waals surface area (Å²) in [6.07, 6.45) is 3.93. The summed E-state index contributed by atoms with van der Waals surface area (Å²) in [5.74, 6) is -0.797. The van der Waals surface area contributed by atoms with Crippen molar-refractivity contribution < 1.29 is 22.7 Å². The number of carbonyl (C=O) groups excluding carboxylic acids is 2. The number of sulfonamides is 1. The number of carbonyl (C=O) groups is 2. The summed E-state index contributed by atoms with van der Waals surface area (Å²) in [5, 5.41) is 2.79. The van der Waals surface area contributed by atoms with Crippen LogP contribution in [0.3, 0.4) is 0 Å². The van der Waals surface area contributed by atoms with Gasteiger partial charge in [0.25, 0.3) is 5.91 Å². The first kappa shape index (κ1) is 19.8. The maximum absolute atomic E-state index is 12.6. The quantitative estimate of drug-likeness (QED) is 0.710. The van der Waals surface area contributed by atoms with E-state index in [2.05, 4.69) is 5.32 Å². The molecular formula is C19H26N2O5S. The smallest absolute Gasteiger partial charge is 0.311 e. The number of esters is 1. The molecule has 1 aliphatic carbocycles. The van der Waals surface area contributed by atoms with Gasteiger partial charge in [-0.15, -0.1) is 0 Å². The van der Waals surface area contributed by atoms with Gasteiger partial charge in [-0.05, 0) is 50.3 Å². The number of piperidine rings is 1. The number of benzene rings is 1. The minimum atomic E-state index is -3.48. The number of nitrogens with one attached hydrogen (secondary N) is 1. The average molecular weight is 394 g/mol. The molecule has 3 rings (SSSR count). The van der Waals surface area contributed by atoms with E-state index >= 15 is 0 Å². The van der Waals surface area contributed by atoms with E-state index in [1.807, 2.05) is 0 Å². The predicted molar refractivity (Wildman–Crippen MR) is 99.5 cm³/mol. The highest BCUT2D eigenvalue weighted by Gasteiger charge is 2.28. The predicted octanol–water partition coefficient (Wildman–Crippen LogP) is 1.61. The van der Waals surface area contributed by atoms with Crippen LogP contribution in [0.2, 0.25) is 0 Å². The fraction of sp³-hybridized carbons (Fsp3) is 0.579. The van der Waals surface area contributed by atoms with E-state index in [1.165, 1.54) is 16.4 Å². The summed E-state index contributed by atoms with van der Waals surface area (Å²) in [5.41, 5.74) is 0.646. The highest BCUT2D eigenvalue weighted by molar-refractivity contribution is 7.89. The number of rotatable bonds is 7. The van der Waals surface area contributed by atoms with Crippen molar-refractivity contribution in [1.29, 1.82) is 0 Å². The van der Waals surface area contributed by atoms with Crippen LogP contribution < -0.4 is 5.32 Å². The Morgan fingerprint density at radius 2 is 1.78 bits per heavy atom. The van der Waals surface area contributed by atoms with Crippen molar-refractivity contribution in [2.24, 2.45) is 0 Å². The summed E-state index contributed by atoms with van der Waals surface area (Å²) in [4.78, 5) is 24.1. The molecule has 1 amide bonds. The molecule has 0 spiro atoms. The Morgan fingerprint density at radius 1 is 1.15 bits per heavy atom. The Labute approximate surface area is 160 Å². The molecule has 0 aromatic heterocycles. The summed E-state index contributed by atoms with van der Waals surface area (Å²) in [6, 6.07) is 6.50. The molecule has 2 fully saturated rings. The van der Waals surface area contributed by atoms with Crippen LogP contribution in [-0.2, 0) is 30.8 Å². The summed E-state index contributed by atoms with van der Waals surface area (Å²) >= 11 is 0. The summed E-state index contributed by atoms with van der Waals surface area (Å²) < 4.78 is 31.9.